The van der Waals surface area contributed by atoms with Crippen molar-refractivity contribution in [3.8, 4) is 11.4 Å². The molecule has 25 heavy (non-hydrogen) atoms. The number of carbonyl (C=O) groups excluding carboxylic acids is 1. The van der Waals surface area contributed by atoms with Crippen molar-refractivity contribution < 1.29 is 9.53 Å². The minimum atomic E-state index is -0.274. The summed E-state index contributed by atoms with van der Waals surface area (Å²) in [6.45, 7) is 3.85. The van der Waals surface area contributed by atoms with Gasteiger partial charge in [-0.25, -0.2) is 4.98 Å². The Kier molecular flexibility index (Phi) is 9.31. The topological polar surface area (TPSA) is 76.1 Å². The Labute approximate surface area is 163 Å². The van der Waals surface area contributed by atoms with Gasteiger partial charge in [0.2, 0.25) is 5.91 Å². The van der Waals surface area contributed by atoms with Crippen LogP contribution in [0.5, 0.6) is 0 Å². The molecule has 0 unspecified atom stereocenters. The van der Waals surface area contributed by atoms with Crippen molar-refractivity contribution in [2.24, 2.45) is 0 Å². The SMILES string of the molecule is C[C@H]1OCCN[C@@H]1C(=O)NCCc1nc(-c2ccccn2)cs1.Cl.Cl. The summed E-state index contributed by atoms with van der Waals surface area (Å²) in [5.74, 6) is -0.0151. The number of carbonyl (C=O) groups is 1. The molecule has 6 nitrogen and oxygen atoms in total. The van der Waals surface area contributed by atoms with Crippen LogP contribution >= 0.6 is 36.2 Å². The van der Waals surface area contributed by atoms with E-state index in [1.54, 1.807) is 17.5 Å². The Morgan fingerprint density at radius 3 is 2.96 bits per heavy atom. The summed E-state index contributed by atoms with van der Waals surface area (Å²) in [5, 5.41) is 9.13. The maximum atomic E-state index is 12.1. The molecule has 0 aliphatic carbocycles. The zero-order valence-corrected chi connectivity index (χ0v) is 16.3. The first kappa shape index (κ1) is 21.8. The van der Waals surface area contributed by atoms with E-state index in [9.17, 15) is 4.79 Å². The number of nitrogens with zero attached hydrogens (tertiary/aromatic N) is 2. The molecule has 1 fully saturated rings. The van der Waals surface area contributed by atoms with E-state index in [1.807, 2.05) is 30.5 Å². The van der Waals surface area contributed by atoms with Gasteiger partial charge in [0.1, 0.15) is 6.04 Å². The molecule has 138 valence electrons. The molecule has 0 aromatic carbocycles. The van der Waals surface area contributed by atoms with E-state index in [0.717, 1.165) is 16.4 Å². The molecule has 3 rings (SSSR count). The van der Waals surface area contributed by atoms with E-state index in [2.05, 4.69) is 20.6 Å². The number of halogens is 2. The molecule has 0 saturated carbocycles. The average molecular weight is 405 g/mol. The van der Waals surface area contributed by atoms with Crippen LogP contribution in [0.25, 0.3) is 11.4 Å². The molecule has 0 radical (unpaired) electrons. The van der Waals surface area contributed by atoms with Crippen molar-refractivity contribution in [3.63, 3.8) is 0 Å². The summed E-state index contributed by atoms with van der Waals surface area (Å²) in [6, 6.07) is 5.50. The second-order valence-electron chi connectivity index (χ2n) is 5.39. The van der Waals surface area contributed by atoms with Crippen LogP contribution in [0.15, 0.2) is 29.8 Å². The van der Waals surface area contributed by atoms with Gasteiger partial charge >= 0.3 is 0 Å². The third-order valence-corrected chi connectivity index (χ3v) is 4.62. The summed E-state index contributed by atoms with van der Waals surface area (Å²) >= 11 is 1.59. The Hall–Kier alpha value is -1.25. The Morgan fingerprint density at radius 1 is 1.40 bits per heavy atom. The number of hydrogen-bond acceptors (Lipinski definition) is 6. The van der Waals surface area contributed by atoms with Crippen LogP contribution < -0.4 is 10.6 Å². The Bertz CT molecular complexity index is 657. The molecule has 1 saturated heterocycles. The summed E-state index contributed by atoms with van der Waals surface area (Å²) in [4.78, 5) is 21.0. The smallest absolute Gasteiger partial charge is 0.239 e. The maximum absolute atomic E-state index is 12.1. The van der Waals surface area contributed by atoms with Gasteiger partial charge in [-0.1, -0.05) is 6.07 Å². The highest BCUT2D eigenvalue weighted by atomic mass is 35.5. The van der Waals surface area contributed by atoms with Crippen LogP contribution in [-0.4, -0.2) is 47.7 Å². The number of amides is 1. The first-order chi connectivity index (χ1) is 11.2. The van der Waals surface area contributed by atoms with E-state index in [4.69, 9.17) is 4.74 Å². The molecule has 1 amide bonds. The Morgan fingerprint density at radius 2 is 2.24 bits per heavy atom. The predicted octanol–water partition coefficient (Wildman–Crippen LogP) is 2.08. The van der Waals surface area contributed by atoms with Crippen LogP contribution in [0.1, 0.15) is 11.9 Å². The molecular weight excluding hydrogens is 383 g/mol. The number of hydrogen-bond donors (Lipinski definition) is 2. The highest BCUT2D eigenvalue weighted by molar-refractivity contribution is 7.09. The lowest BCUT2D eigenvalue weighted by atomic mass is 10.1. The average Bonchev–Trinajstić information content (AvgIpc) is 3.05. The fourth-order valence-corrected chi connectivity index (χ4v) is 3.28. The normalized spacial score (nSPS) is 19.4. The van der Waals surface area contributed by atoms with Crippen molar-refractivity contribution in [3.05, 3.63) is 34.8 Å². The molecule has 1 aliphatic heterocycles. The minimum Gasteiger partial charge on any atom is -0.375 e. The first-order valence-corrected chi connectivity index (χ1v) is 8.60. The number of rotatable bonds is 5. The summed E-state index contributed by atoms with van der Waals surface area (Å²) in [6.07, 6.45) is 2.37. The molecule has 2 N–H and O–H groups in total. The monoisotopic (exact) mass is 404 g/mol. The first-order valence-electron chi connectivity index (χ1n) is 7.72. The van der Waals surface area contributed by atoms with Crippen molar-refractivity contribution in [1.29, 1.82) is 0 Å². The number of thiazole rings is 1. The molecule has 1 aliphatic rings. The third kappa shape index (κ3) is 5.90. The highest BCUT2D eigenvalue weighted by Gasteiger charge is 2.27. The number of pyridine rings is 1. The van der Waals surface area contributed by atoms with Gasteiger partial charge in [-0.05, 0) is 19.1 Å². The van der Waals surface area contributed by atoms with Gasteiger partial charge in [0.25, 0.3) is 0 Å². The summed E-state index contributed by atoms with van der Waals surface area (Å²) in [5.41, 5.74) is 1.75. The number of nitrogens with one attached hydrogen (secondary N) is 2. The van der Waals surface area contributed by atoms with Gasteiger partial charge in [0, 0.05) is 31.1 Å². The largest absolute Gasteiger partial charge is 0.375 e. The predicted molar refractivity (Wildman–Crippen MR) is 104 cm³/mol. The van der Waals surface area contributed by atoms with E-state index in [0.29, 0.717) is 26.1 Å². The van der Waals surface area contributed by atoms with Gasteiger partial charge in [-0.2, -0.15) is 0 Å². The van der Waals surface area contributed by atoms with E-state index in [1.165, 1.54) is 0 Å². The van der Waals surface area contributed by atoms with Gasteiger partial charge < -0.3 is 15.4 Å². The molecule has 3 heterocycles. The zero-order valence-electron chi connectivity index (χ0n) is 13.8. The van der Waals surface area contributed by atoms with Gasteiger partial charge in [-0.3, -0.25) is 9.78 Å². The minimum absolute atomic E-state index is 0. The zero-order chi connectivity index (χ0) is 16.1. The fraction of sp³-hybridized carbons (Fsp3) is 0.438. The van der Waals surface area contributed by atoms with Crippen LogP contribution in [-0.2, 0) is 16.0 Å². The lowest BCUT2D eigenvalue weighted by Crippen LogP contribution is -2.55. The van der Waals surface area contributed by atoms with Crippen LogP contribution in [0, 0.1) is 0 Å². The van der Waals surface area contributed by atoms with E-state index < -0.39 is 0 Å². The standard InChI is InChI=1S/C16H20N4O2S.2ClH/c1-11-15(18-8-9-22-11)16(21)19-7-5-14-20-13(10-23-14)12-4-2-3-6-17-12;;/h2-4,6,10-11,15,18H,5,7-9H2,1H3,(H,19,21);2*1H/t11-,15+;;/m1../s1. The van der Waals surface area contributed by atoms with Crippen molar-refractivity contribution in [2.45, 2.75) is 25.5 Å². The van der Waals surface area contributed by atoms with Crippen LogP contribution in [0.3, 0.4) is 0 Å². The molecule has 0 bridgehead atoms. The van der Waals surface area contributed by atoms with Crippen molar-refractivity contribution >= 4 is 42.1 Å². The number of morpholine rings is 1. The highest BCUT2D eigenvalue weighted by Crippen LogP contribution is 2.19. The summed E-state index contributed by atoms with van der Waals surface area (Å²) < 4.78 is 5.49. The van der Waals surface area contributed by atoms with Crippen molar-refractivity contribution in [2.75, 3.05) is 19.7 Å². The lowest BCUT2D eigenvalue weighted by molar-refractivity contribution is -0.128. The summed E-state index contributed by atoms with van der Waals surface area (Å²) in [7, 11) is 0. The van der Waals surface area contributed by atoms with E-state index in [-0.39, 0.29) is 42.9 Å². The molecule has 9 heteroatoms. The second kappa shape index (κ2) is 10.7. The number of ether oxygens (including phenoxy) is 1. The molecule has 2 aromatic heterocycles. The number of aromatic nitrogens is 2. The molecular formula is C16H22Cl2N4O2S. The molecule has 2 aromatic rings. The Balaban J connectivity index is 0.00000156. The third-order valence-electron chi connectivity index (χ3n) is 3.72. The second-order valence-corrected chi connectivity index (χ2v) is 6.33. The molecule has 0 spiro atoms. The lowest BCUT2D eigenvalue weighted by Gasteiger charge is -2.29. The molecule has 2 atom stereocenters. The maximum Gasteiger partial charge on any atom is 0.239 e. The van der Waals surface area contributed by atoms with Crippen LogP contribution in [0.4, 0.5) is 0 Å². The van der Waals surface area contributed by atoms with Gasteiger partial charge in [0.15, 0.2) is 0 Å². The van der Waals surface area contributed by atoms with E-state index >= 15 is 0 Å². The van der Waals surface area contributed by atoms with Crippen LogP contribution in [0.2, 0.25) is 0 Å². The van der Waals surface area contributed by atoms with Gasteiger partial charge in [0.05, 0.1) is 29.1 Å². The fourth-order valence-electron chi connectivity index (χ4n) is 2.49. The van der Waals surface area contributed by atoms with Gasteiger partial charge in [-0.15, -0.1) is 36.2 Å². The van der Waals surface area contributed by atoms with Crippen molar-refractivity contribution in [1.82, 2.24) is 20.6 Å². The quantitative estimate of drug-likeness (QED) is 0.797.